The standard InChI is InChI=1S/C26H27NO/c1-17-7-5-9-21(13-17)26(22-10-6-8-18(2)14-22)16-24(26)25(28)27-23-12-11-19(3)20(4)15-23/h5-15,24H,16H2,1-4H3,(H,27,28)/t24-/m1/s1. The highest BCUT2D eigenvalue weighted by Crippen LogP contribution is 2.59. The van der Waals surface area contributed by atoms with Crippen LogP contribution in [0.3, 0.4) is 0 Å². The first-order valence-electron chi connectivity index (χ1n) is 9.92. The minimum Gasteiger partial charge on any atom is -0.326 e. The number of hydrogen-bond donors (Lipinski definition) is 1. The summed E-state index contributed by atoms with van der Waals surface area (Å²) in [5.74, 6) is 0.0453. The quantitative estimate of drug-likeness (QED) is 0.613. The minimum absolute atomic E-state index is 0.0577. The maximum Gasteiger partial charge on any atom is 0.228 e. The second-order valence-corrected chi connectivity index (χ2v) is 8.26. The number of anilines is 1. The Hall–Kier alpha value is -2.87. The number of aryl methyl sites for hydroxylation is 4. The molecule has 1 saturated carbocycles. The van der Waals surface area contributed by atoms with Gasteiger partial charge in [-0.3, -0.25) is 4.79 Å². The van der Waals surface area contributed by atoms with Crippen molar-refractivity contribution in [1.82, 2.24) is 0 Å². The van der Waals surface area contributed by atoms with Gasteiger partial charge in [-0.05, 0) is 68.5 Å². The molecule has 1 aliphatic carbocycles. The molecule has 1 amide bonds. The molecule has 142 valence electrons. The number of amides is 1. The van der Waals surface area contributed by atoms with E-state index in [0.717, 1.165) is 12.1 Å². The first-order chi connectivity index (χ1) is 13.4. The normalized spacial score (nSPS) is 17.2. The first kappa shape index (κ1) is 18.5. The zero-order valence-electron chi connectivity index (χ0n) is 17.0. The van der Waals surface area contributed by atoms with Crippen LogP contribution >= 0.6 is 0 Å². The molecule has 4 rings (SSSR count). The number of nitrogens with one attached hydrogen (secondary N) is 1. The molecule has 3 aromatic carbocycles. The van der Waals surface area contributed by atoms with Crippen LogP contribution in [0.2, 0.25) is 0 Å². The summed E-state index contributed by atoms with van der Waals surface area (Å²) >= 11 is 0. The third-order valence-electron chi connectivity index (χ3n) is 6.12. The first-order valence-corrected chi connectivity index (χ1v) is 9.92. The maximum absolute atomic E-state index is 13.2. The molecule has 0 bridgehead atoms. The van der Waals surface area contributed by atoms with E-state index in [0.29, 0.717) is 0 Å². The maximum atomic E-state index is 13.2. The van der Waals surface area contributed by atoms with Crippen LogP contribution in [0, 0.1) is 33.6 Å². The van der Waals surface area contributed by atoms with Gasteiger partial charge in [0.25, 0.3) is 0 Å². The van der Waals surface area contributed by atoms with Crippen LogP contribution in [0.25, 0.3) is 0 Å². The van der Waals surface area contributed by atoms with E-state index in [2.05, 4.69) is 93.7 Å². The highest BCUT2D eigenvalue weighted by Gasteiger charge is 2.60. The average Bonchev–Trinajstić information content (AvgIpc) is 3.42. The van der Waals surface area contributed by atoms with Crippen molar-refractivity contribution in [2.45, 2.75) is 39.5 Å². The van der Waals surface area contributed by atoms with E-state index in [-0.39, 0.29) is 17.2 Å². The van der Waals surface area contributed by atoms with Crippen molar-refractivity contribution < 1.29 is 4.79 Å². The molecular formula is C26H27NO. The molecular weight excluding hydrogens is 342 g/mol. The SMILES string of the molecule is Cc1cccc(C2(c3cccc(C)c3)C[C@@H]2C(=O)Nc2ccc(C)c(C)c2)c1. The Balaban J connectivity index is 1.69. The van der Waals surface area contributed by atoms with Crippen molar-refractivity contribution in [2.75, 3.05) is 5.32 Å². The molecule has 2 heteroatoms. The third-order valence-corrected chi connectivity index (χ3v) is 6.12. The largest absolute Gasteiger partial charge is 0.326 e. The second-order valence-electron chi connectivity index (χ2n) is 8.26. The van der Waals surface area contributed by atoms with Gasteiger partial charge < -0.3 is 5.32 Å². The molecule has 1 aliphatic rings. The number of benzene rings is 3. The third kappa shape index (κ3) is 3.24. The molecule has 0 radical (unpaired) electrons. The van der Waals surface area contributed by atoms with E-state index < -0.39 is 0 Å². The molecule has 0 aliphatic heterocycles. The number of rotatable bonds is 4. The zero-order valence-corrected chi connectivity index (χ0v) is 17.0. The van der Waals surface area contributed by atoms with Gasteiger partial charge in [0.15, 0.2) is 0 Å². The van der Waals surface area contributed by atoms with Crippen molar-refractivity contribution in [3.05, 3.63) is 100 Å². The summed E-state index contributed by atoms with van der Waals surface area (Å²) in [6, 6.07) is 23.3. The Morgan fingerprint density at radius 1 is 0.821 bits per heavy atom. The Labute approximate surface area is 167 Å². The lowest BCUT2D eigenvalue weighted by molar-refractivity contribution is -0.117. The second kappa shape index (κ2) is 6.94. The van der Waals surface area contributed by atoms with Crippen molar-refractivity contribution in [2.24, 2.45) is 5.92 Å². The number of hydrogen-bond acceptors (Lipinski definition) is 1. The number of carbonyl (C=O) groups excluding carboxylic acids is 1. The summed E-state index contributed by atoms with van der Waals surface area (Å²) in [5.41, 5.74) is 7.99. The molecule has 0 heterocycles. The van der Waals surface area contributed by atoms with E-state index >= 15 is 0 Å². The fourth-order valence-corrected chi connectivity index (χ4v) is 4.28. The van der Waals surface area contributed by atoms with Crippen molar-refractivity contribution in [3.8, 4) is 0 Å². The zero-order chi connectivity index (χ0) is 19.9. The van der Waals surface area contributed by atoms with Gasteiger partial charge in [0, 0.05) is 11.1 Å². The Kier molecular flexibility index (Phi) is 4.58. The van der Waals surface area contributed by atoms with E-state index in [1.807, 2.05) is 6.07 Å². The van der Waals surface area contributed by atoms with Crippen molar-refractivity contribution in [1.29, 1.82) is 0 Å². The lowest BCUT2D eigenvalue weighted by Crippen LogP contribution is -2.22. The highest BCUT2D eigenvalue weighted by atomic mass is 16.2. The van der Waals surface area contributed by atoms with Gasteiger partial charge in [-0.25, -0.2) is 0 Å². The monoisotopic (exact) mass is 369 g/mol. The number of carbonyl (C=O) groups is 1. The van der Waals surface area contributed by atoms with Gasteiger partial charge in [-0.1, -0.05) is 65.7 Å². The van der Waals surface area contributed by atoms with Crippen LogP contribution in [-0.4, -0.2) is 5.91 Å². The molecule has 28 heavy (non-hydrogen) atoms. The molecule has 0 unspecified atom stereocenters. The molecule has 0 aromatic heterocycles. The molecule has 0 saturated heterocycles. The summed E-state index contributed by atoms with van der Waals surface area (Å²) in [6.45, 7) is 8.38. The molecule has 1 fully saturated rings. The summed E-state index contributed by atoms with van der Waals surface area (Å²) in [4.78, 5) is 13.2. The smallest absolute Gasteiger partial charge is 0.228 e. The Morgan fingerprint density at radius 2 is 1.43 bits per heavy atom. The van der Waals surface area contributed by atoms with Gasteiger partial charge in [0.1, 0.15) is 0 Å². The van der Waals surface area contributed by atoms with Crippen molar-refractivity contribution >= 4 is 11.6 Å². The van der Waals surface area contributed by atoms with Gasteiger partial charge >= 0.3 is 0 Å². The topological polar surface area (TPSA) is 29.1 Å². The van der Waals surface area contributed by atoms with Gasteiger partial charge in [-0.2, -0.15) is 0 Å². The molecule has 1 atom stereocenters. The predicted molar refractivity (Wildman–Crippen MR) is 116 cm³/mol. The Morgan fingerprint density at radius 3 is 1.96 bits per heavy atom. The average molecular weight is 370 g/mol. The highest BCUT2D eigenvalue weighted by molar-refractivity contribution is 5.97. The van der Waals surface area contributed by atoms with Crippen LogP contribution in [0.4, 0.5) is 5.69 Å². The van der Waals surface area contributed by atoms with E-state index in [4.69, 9.17) is 0 Å². The summed E-state index contributed by atoms with van der Waals surface area (Å²) in [5, 5.41) is 3.16. The summed E-state index contributed by atoms with van der Waals surface area (Å²) in [6.07, 6.45) is 0.844. The van der Waals surface area contributed by atoms with Crippen molar-refractivity contribution in [3.63, 3.8) is 0 Å². The lowest BCUT2D eigenvalue weighted by atomic mass is 9.84. The molecule has 0 spiro atoms. The van der Waals surface area contributed by atoms with Crippen LogP contribution in [0.5, 0.6) is 0 Å². The summed E-state index contributed by atoms with van der Waals surface area (Å²) in [7, 11) is 0. The van der Waals surface area contributed by atoms with Crippen LogP contribution in [-0.2, 0) is 10.2 Å². The fourth-order valence-electron chi connectivity index (χ4n) is 4.28. The van der Waals surface area contributed by atoms with Crippen LogP contribution < -0.4 is 5.32 Å². The van der Waals surface area contributed by atoms with E-state index in [1.165, 1.54) is 33.4 Å². The van der Waals surface area contributed by atoms with Gasteiger partial charge in [0.05, 0.1) is 5.92 Å². The van der Waals surface area contributed by atoms with Gasteiger partial charge in [-0.15, -0.1) is 0 Å². The molecule has 1 N–H and O–H groups in total. The van der Waals surface area contributed by atoms with E-state index in [1.54, 1.807) is 0 Å². The van der Waals surface area contributed by atoms with E-state index in [9.17, 15) is 4.79 Å². The molecule has 2 nitrogen and oxygen atoms in total. The minimum atomic E-state index is -0.234. The fraction of sp³-hybridized carbons (Fsp3) is 0.269. The lowest BCUT2D eigenvalue weighted by Gasteiger charge is -2.20. The van der Waals surface area contributed by atoms with Crippen LogP contribution in [0.1, 0.15) is 39.8 Å². The van der Waals surface area contributed by atoms with Crippen LogP contribution in [0.15, 0.2) is 66.7 Å². The van der Waals surface area contributed by atoms with Gasteiger partial charge in [0.2, 0.25) is 5.91 Å². The Bertz CT molecular complexity index is 1000. The predicted octanol–water partition coefficient (Wildman–Crippen LogP) is 5.86. The summed E-state index contributed by atoms with van der Waals surface area (Å²) < 4.78 is 0. The molecule has 3 aromatic rings.